The number of fused-ring (bicyclic) bond motifs is 4. The zero-order valence-electron chi connectivity index (χ0n) is 48.6. The maximum atomic E-state index is 9.10. The fourth-order valence-electron chi connectivity index (χ4n) is 9.86. The molecule has 0 saturated heterocycles. The Bertz CT molecular complexity index is 4280. The molecule has 12 aromatic rings. The van der Waals surface area contributed by atoms with E-state index in [1.807, 2.05) is 65.4 Å². The van der Waals surface area contributed by atoms with Crippen LogP contribution >= 0.6 is 0 Å². The summed E-state index contributed by atoms with van der Waals surface area (Å²) in [5.74, 6) is 1.10. The van der Waals surface area contributed by atoms with Crippen molar-refractivity contribution in [2.24, 2.45) is 0 Å². The average molecular weight is 929 g/mol. The molecular weight excluding hydrogens is 869 g/mol. The molecule has 0 fully saturated rings. The van der Waals surface area contributed by atoms with Crippen molar-refractivity contribution in [3.8, 4) is 45.1 Å². The number of ether oxygens (including phenoxy) is 1. The lowest BCUT2D eigenvalue weighted by atomic mass is 9.88. The predicted octanol–water partition coefficient (Wildman–Crippen LogP) is 13.1. The number of benzene rings is 9. The maximum Gasteiger partial charge on any atom is 0.276 e. The van der Waals surface area contributed by atoms with Crippen molar-refractivity contribution in [3.63, 3.8) is 0 Å². The third-order valence-corrected chi connectivity index (χ3v) is 17.5. The van der Waals surface area contributed by atoms with Gasteiger partial charge in [-0.1, -0.05) is 209 Å². The van der Waals surface area contributed by atoms with Crippen LogP contribution in [0.3, 0.4) is 0 Å². The third-order valence-electron chi connectivity index (χ3n) is 13.0. The zero-order chi connectivity index (χ0) is 55.9. The van der Waals surface area contributed by atoms with Crippen molar-refractivity contribution in [1.29, 1.82) is 0 Å². The van der Waals surface area contributed by atoms with Gasteiger partial charge in [0.15, 0.2) is 0 Å². The van der Waals surface area contributed by atoms with Crippen LogP contribution in [0.5, 0.6) is 11.5 Å². The Kier molecular flexibility index (Phi) is 8.25. The molecule has 0 saturated carbocycles. The van der Waals surface area contributed by atoms with Gasteiger partial charge >= 0.3 is 0 Å². The van der Waals surface area contributed by atoms with E-state index in [4.69, 9.17) is 23.4 Å². The van der Waals surface area contributed by atoms with Gasteiger partial charge in [-0.3, -0.25) is 14.1 Å². The molecule has 0 spiro atoms. The van der Waals surface area contributed by atoms with Gasteiger partial charge in [0, 0.05) is 34.1 Å². The van der Waals surface area contributed by atoms with Gasteiger partial charge in [0.05, 0.1) is 41.4 Å². The molecule has 6 heteroatoms. The van der Waals surface area contributed by atoms with E-state index < -0.39 is 68.7 Å². The topological polar surface area (TPSA) is 35.9 Å². The van der Waals surface area contributed by atoms with E-state index in [0.717, 1.165) is 37.5 Å². The average Bonchev–Trinajstić information content (AvgIpc) is 4.08. The molecule has 0 unspecified atom stereocenters. The molecule has 3 heterocycles. The molecule has 12 rings (SSSR count). The van der Waals surface area contributed by atoms with Gasteiger partial charge in [-0.05, 0) is 92.1 Å². The Morgan fingerprint density at radius 2 is 1.13 bits per heavy atom. The fraction of sp³-hybridized carbons (Fsp3) is 0.0625. The van der Waals surface area contributed by atoms with Crippen LogP contribution in [0.15, 0.2) is 249 Å². The molecule has 0 aliphatic carbocycles. The van der Waals surface area contributed by atoms with Gasteiger partial charge in [-0.15, -0.1) is 0 Å². The van der Waals surface area contributed by atoms with E-state index in [2.05, 4.69) is 141 Å². The lowest BCUT2D eigenvalue weighted by Crippen LogP contribution is -2.73. The van der Waals surface area contributed by atoms with E-state index in [1.54, 1.807) is 22.8 Å². The van der Waals surface area contributed by atoms with Crippen molar-refractivity contribution in [2.45, 2.75) is 26.2 Å². The molecule has 70 heavy (non-hydrogen) atoms. The third kappa shape index (κ3) is 7.32. The van der Waals surface area contributed by atoms with Crippen molar-refractivity contribution in [2.75, 3.05) is 0 Å². The highest BCUT2D eigenvalue weighted by molar-refractivity contribution is 7.10. The van der Waals surface area contributed by atoms with Crippen molar-refractivity contribution in [3.05, 3.63) is 261 Å². The minimum absolute atomic E-state index is 0.133. The van der Waals surface area contributed by atoms with E-state index >= 15 is 0 Å². The molecule has 0 aliphatic rings. The van der Waals surface area contributed by atoms with Gasteiger partial charge in [0.2, 0.25) is 0 Å². The van der Waals surface area contributed by atoms with Crippen LogP contribution in [0.25, 0.3) is 66.5 Å². The summed E-state index contributed by atoms with van der Waals surface area (Å²) in [6.07, 6.45) is 5.43. The molecule has 5 nitrogen and oxygen atoms in total. The second-order valence-corrected chi connectivity index (χ2v) is 21.7. The van der Waals surface area contributed by atoms with Crippen molar-refractivity contribution in [1.82, 2.24) is 13.8 Å². The second kappa shape index (κ2) is 17.5. The van der Waals surface area contributed by atoms with E-state index in [1.165, 1.54) is 5.56 Å². The first-order valence-corrected chi connectivity index (χ1v) is 25.1. The number of pyridine rings is 1. The number of aromatic nitrogens is 4. The first-order valence-electron chi connectivity index (χ1n) is 28.1. The molecule has 9 aromatic carbocycles. The summed E-state index contributed by atoms with van der Waals surface area (Å²) in [6, 6.07) is 55.2. The van der Waals surface area contributed by atoms with Crippen LogP contribution in [0.4, 0.5) is 0 Å². The Morgan fingerprint density at radius 1 is 0.543 bits per heavy atom. The molecule has 0 N–H and O–H groups in total. The molecule has 0 atom stereocenters. The Balaban J connectivity index is 1.05. The first-order chi connectivity index (χ1) is 38.5. The highest BCUT2D eigenvalue weighted by atomic mass is 28.3. The maximum absolute atomic E-state index is 9.10. The summed E-state index contributed by atoms with van der Waals surface area (Å²) >= 11 is 0. The predicted molar refractivity (Wildman–Crippen MR) is 290 cm³/mol. The van der Waals surface area contributed by atoms with Crippen LogP contribution in [-0.2, 0) is 5.41 Å². The highest BCUT2D eigenvalue weighted by Crippen LogP contribution is 2.38. The standard InChI is InChI=1S/C64H50N4OSi/c1-64(2,3)48-40-41-65-62(42-48)70(52-28-12-6-13-29-52,53-30-14-7-15-31-53)68-58-35-17-16-32-56(58)57-39-38-51(44-61(57)68)69-50-27-20-26-49(43-50)66-45-67(60-37-19-18-36-59(60)66)63-54(46-22-8-4-9-23-46)33-21-34-55(63)47-24-10-5-11-25-47/h4-44H,1-3H3/i4D,5D,8D,9D,10D,11D,22D,23D,24D,25D. The van der Waals surface area contributed by atoms with E-state index in [-0.39, 0.29) is 33.4 Å². The number of nitrogens with zero attached hydrogens (tertiary/aromatic N) is 4. The van der Waals surface area contributed by atoms with Gasteiger partial charge in [-0.2, -0.15) is 0 Å². The number of imidazole rings is 1. The van der Waals surface area contributed by atoms with Crippen molar-refractivity contribution < 1.29 is 23.0 Å². The summed E-state index contributed by atoms with van der Waals surface area (Å²) in [6.45, 7) is 6.68. The van der Waals surface area contributed by atoms with Crippen LogP contribution in [0, 0.1) is 6.33 Å². The van der Waals surface area contributed by atoms with Gasteiger partial charge in [-0.25, -0.2) is 0 Å². The summed E-state index contributed by atoms with van der Waals surface area (Å²) in [4.78, 5) is 5.32. The number of hydrogen-bond acceptors (Lipinski definition) is 2. The van der Waals surface area contributed by atoms with Crippen molar-refractivity contribution >= 4 is 56.8 Å². The van der Waals surface area contributed by atoms with Crippen LogP contribution in [-0.4, -0.2) is 22.0 Å². The quantitative estimate of drug-likeness (QED) is 0.0778. The molecule has 3 aromatic heterocycles. The van der Waals surface area contributed by atoms with E-state index in [0.29, 0.717) is 28.2 Å². The molecule has 0 aliphatic heterocycles. The summed E-state index contributed by atoms with van der Waals surface area (Å²) in [5.41, 5.74) is 5.12. The van der Waals surface area contributed by atoms with Gasteiger partial charge in [0.1, 0.15) is 11.5 Å². The molecular formula is C64H50N4OSi. The van der Waals surface area contributed by atoms with Crippen LogP contribution in [0.1, 0.15) is 40.0 Å². The van der Waals surface area contributed by atoms with Gasteiger partial charge in [0.25, 0.3) is 14.6 Å². The Labute approximate surface area is 424 Å². The second-order valence-electron chi connectivity index (χ2n) is 18.2. The normalized spacial score (nSPS) is 13.9. The molecule has 336 valence electrons. The minimum Gasteiger partial charge on any atom is -0.458 e. The number of para-hydroxylation sites is 4. The summed E-state index contributed by atoms with van der Waals surface area (Å²) in [7, 11) is -3.34. The highest BCUT2D eigenvalue weighted by Gasteiger charge is 2.46. The van der Waals surface area contributed by atoms with Crippen LogP contribution in [0.2, 0.25) is 0 Å². The first kappa shape index (κ1) is 33.0. The SMILES string of the molecule is [2H]c1c([2H])c([2H])c(-c2cccc(-c3c([2H])c([2H])c([2H])c([2H])c3[2H])c2-[n+]2[c-]n(-c3cccc(Oc4ccc5c6ccccc6n([Si](c6ccccc6)(c6ccccc6)c6cc(C(C)(C)C)ccn6)c5c4)c3)c3ccccc32)c([2H])c1[2H]. The summed E-state index contributed by atoms with van der Waals surface area (Å²) < 4.78 is 101. The smallest absolute Gasteiger partial charge is 0.276 e. The molecule has 0 amide bonds. The Morgan fingerprint density at radius 3 is 1.80 bits per heavy atom. The van der Waals surface area contributed by atoms with Gasteiger partial charge < -0.3 is 8.97 Å². The molecule has 0 bridgehead atoms. The monoisotopic (exact) mass is 928 g/mol. The Hall–Kier alpha value is -8.58. The largest absolute Gasteiger partial charge is 0.458 e. The minimum atomic E-state index is -3.34. The van der Waals surface area contributed by atoms with Crippen LogP contribution < -0.4 is 25.0 Å². The lowest BCUT2D eigenvalue weighted by Gasteiger charge is -2.36. The van der Waals surface area contributed by atoms with E-state index in [9.17, 15) is 0 Å². The summed E-state index contributed by atoms with van der Waals surface area (Å²) in [5, 5.41) is 5.47. The zero-order valence-corrected chi connectivity index (χ0v) is 39.6. The number of rotatable bonds is 10. The fourth-order valence-corrected chi connectivity index (χ4v) is 14.6. The molecule has 0 radical (unpaired) electrons. The number of hydrogen-bond donors (Lipinski definition) is 0. The lowest BCUT2D eigenvalue weighted by molar-refractivity contribution is -0.571.